The first-order valence-electron chi connectivity index (χ1n) is 3.15. The van der Waals surface area contributed by atoms with Crippen LogP contribution in [0.5, 0.6) is 0 Å². The van der Waals surface area contributed by atoms with Crippen molar-refractivity contribution in [2.45, 2.75) is 6.92 Å². The average molecular weight is 149 g/mol. The van der Waals surface area contributed by atoms with Gasteiger partial charge in [0.05, 0.1) is 0 Å². The summed E-state index contributed by atoms with van der Waals surface area (Å²) in [5.74, 6) is 0. The van der Waals surface area contributed by atoms with Crippen LogP contribution in [-0.2, 0) is 0 Å². The molecule has 2 heterocycles. The van der Waals surface area contributed by atoms with E-state index in [-0.39, 0.29) is 0 Å². The van der Waals surface area contributed by atoms with Crippen LogP contribution in [0.1, 0.15) is 5.69 Å². The van der Waals surface area contributed by atoms with Crippen LogP contribution >= 0.6 is 11.3 Å². The molecule has 0 spiro atoms. The van der Waals surface area contributed by atoms with E-state index in [1.807, 2.05) is 13.1 Å². The molecule has 0 bridgehead atoms. The van der Waals surface area contributed by atoms with Crippen molar-refractivity contribution in [3.63, 3.8) is 0 Å². The molecule has 50 valence electrons. The lowest BCUT2D eigenvalue weighted by molar-refractivity contribution is 1.23. The lowest BCUT2D eigenvalue weighted by Crippen LogP contribution is -1.76. The summed E-state index contributed by atoms with van der Waals surface area (Å²) in [4.78, 5) is 4.19. The van der Waals surface area contributed by atoms with Crippen LogP contribution in [0.15, 0.2) is 23.0 Å². The number of hydrogen-bond acceptors (Lipinski definition) is 2. The molecule has 0 N–H and O–H groups in total. The molecule has 2 aromatic heterocycles. The van der Waals surface area contributed by atoms with Crippen LogP contribution in [-0.4, -0.2) is 4.98 Å². The Morgan fingerprint density at radius 3 is 3.00 bits per heavy atom. The number of fused-ring (bicyclic) bond motifs is 1. The van der Waals surface area contributed by atoms with Crippen molar-refractivity contribution in [3.8, 4) is 0 Å². The Balaban J connectivity index is 2.86. The van der Waals surface area contributed by atoms with Gasteiger partial charge < -0.3 is 0 Å². The number of aromatic nitrogens is 1. The van der Waals surface area contributed by atoms with Crippen molar-refractivity contribution in [1.29, 1.82) is 0 Å². The summed E-state index contributed by atoms with van der Waals surface area (Å²) in [7, 11) is 0. The molecule has 0 unspecified atom stereocenters. The molecule has 0 saturated heterocycles. The van der Waals surface area contributed by atoms with E-state index in [9.17, 15) is 0 Å². The van der Waals surface area contributed by atoms with E-state index in [1.165, 1.54) is 10.8 Å². The topological polar surface area (TPSA) is 12.9 Å². The molecule has 10 heavy (non-hydrogen) atoms. The highest BCUT2D eigenvalue weighted by Gasteiger charge is 1.92. The zero-order valence-corrected chi connectivity index (χ0v) is 6.48. The summed E-state index contributed by atoms with van der Waals surface area (Å²) < 4.78 is 0. The lowest BCUT2D eigenvalue weighted by Gasteiger charge is -1.89. The minimum Gasteiger partial charge on any atom is -0.261 e. The smallest absolute Gasteiger partial charge is 0.0379 e. The fraction of sp³-hybridized carbons (Fsp3) is 0.125. The lowest BCUT2D eigenvalue weighted by atomic mass is 10.2. The van der Waals surface area contributed by atoms with Gasteiger partial charge in [-0.15, -0.1) is 0 Å². The molecule has 0 atom stereocenters. The molecule has 0 aromatic carbocycles. The summed E-state index contributed by atoms with van der Waals surface area (Å²) in [6.07, 6.45) is 1.92. The Morgan fingerprint density at radius 2 is 2.10 bits per heavy atom. The Morgan fingerprint density at radius 1 is 1.30 bits per heavy atom. The first-order chi connectivity index (χ1) is 4.86. The Kier molecular flexibility index (Phi) is 1.21. The van der Waals surface area contributed by atoms with Crippen LogP contribution in [0.25, 0.3) is 10.8 Å². The van der Waals surface area contributed by atoms with Gasteiger partial charge in [0.25, 0.3) is 0 Å². The molecule has 0 aliphatic heterocycles. The minimum atomic E-state index is 1.09. The highest BCUT2D eigenvalue weighted by molar-refractivity contribution is 7.09. The van der Waals surface area contributed by atoms with Crippen molar-refractivity contribution in [3.05, 3.63) is 28.7 Å². The summed E-state index contributed by atoms with van der Waals surface area (Å²) in [6.45, 7) is 2.01. The van der Waals surface area contributed by atoms with E-state index in [0.29, 0.717) is 0 Å². The highest BCUT2D eigenvalue weighted by atomic mass is 32.1. The van der Waals surface area contributed by atoms with E-state index in [1.54, 1.807) is 11.3 Å². The molecule has 0 radical (unpaired) electrons. The minimum absolute atomic E-state index is 1.09. The Labute approximate surface area is 63.3 Å². The quantitative estimate of drug-likeness (QED) is 0.561. The number of thiophene rings is 1. The maximum absolute atomic E-state index is 4.19. The molecule has 0 aliphatic carbocycles. The molecular weight excluding hydrogens is 142 g/mol. The standard InChI is InChI=1S/C8H7NS/c1-6-2-7-4-10-5-8(7)3-9-6/h2-5H,1H3. The first kappa shape index (κ1) is 5.86. The van der Waals surface area contributed by atoms with Gasteiger partial charge in [0.2, 0.25) is 0 Å². The number of nitrogens with zero attached hydrogens (tertiary/aromatic N) is 1. The van der Waals surface area contributed by atoms with Gasteiger partial charge in [0.15, 0.2) is 0 Å². The third kappa shape index (κ3) is 0.809. The predicted molar refractivity (Wildman–Crippen MR) is 44.4 cm³/mol. The van der Waals surface area contributed by atoms with Crippen LogP contribution < -0.4 is 0 Å². The first-order valence-corrected chi connectivity index (χ1v) is 4.09. The fourth-order valence-corrected chi connectivity index (χ4v) is 1.74. The molecule has 0 amide bonds. The van der Waals surface area contributed by atoms with Gasteiger partial charge in [-0.3, -0.25) is 4.98 Å². The number of hydrogen-bond donors (Lipinski definition) is 0. The van der Waals surface area contributed by atoms with Crippen molar-refractivity contribution >= 4 is 22.1 Å². The maximum atomic E-state index is 4.19. The van der Waals surface area contributed by atoms with Gasteiger partial charge in [-0.05, 0) is 23.8 Å². The summed E-state index contributed by atoms with van der Waals surface area (Å²) in [5.41, 5.74) is 1.09. The Hall–Kier alpha value is -0.890. The largest absolute Gasteiger partial charge is 0.261 e. The molecule has 0 saturated carbocycles. The van der Waals surface area contributed by atoms with E-state index >= 15 is 0 Å². The molecule has 2 rings (SSSR count). The second-order valence-corrected chi connectivity index (χ2v) is 3.07. The third-order valence-corrected chi connectivity index (χ3v) is 2.28. The van der Waals surface area contributed by atoms with E-state index in [2.05, 4.69) is 21.8 Å². The fourth-order valence-electron chi connectivity index (χ4n) is 0.973. The molecule has 2 heteroatoms. The number of pyridine rings is 1. The molecule has 2 aromatic rings. The zero-order valence-electron chi connectivity index (χ0n) is 5.66. The molecule has 0 fully saturated rings. The van der Waals surface area contributed by atoms with Crippen molar-refractivity contribution in [1.82, 2.24) is 4.98 Å². The summed E-state index contributed by atoms with van der Waals surface area (Å²) in [5, 5.41) is 6.80. The second kappa shape index (κ2) is 2.06. The summed E-state index contributed by atoms with van der Waals surface area (Å²) >= 11 is 1.72. The predicted octanol–water partition coefficient (Wildman–Crippen LogP) is 2.60. The van der Waals surface area contributed by atoms with Crippen LogP contribution in [0.3, 0.4) is 0 Å². The van der Waals surface area contributed by atoms with Crippen molar-refractivity contribution in [2.75, 3.05) is 0 Å². The summed E-state index contributed by atoms with van der Waals surface area (Å²) in [6, 6.07) is 2.10. The monoisotopic (exact) mass is 149 g/mol. The van der Waals surface area contributed by atoms with Gasteiger partial charge in [0.1, 0.15) is 0 Å². The SMILES string of the molecule is Cc1cc2cscc2cn1. The van der Waals surface area contributed by atoms with Crippen LogP contribution in [0.4, 0.5) is 0 Å². The van der Waals surface area contributed by atoms with E-state index in [4.69, 9.17) is 0 Å². The van der Waals surface area contributed by atoms with Gasteiger partial charge in [0, 0.05) is 22.7 Å². The van der Waals surface area contributed by atoms with E-state index < -0.39 is 0 Å². The van der Waals surface area contributed by atoms with E-state index in [0.717, 1.165) is 5.69 Å². The highest BCUT2D eigenvalue weighted by Crippen LogP contribution is 2.17. The van der Waals surface area contributed by atoms with Crippen molar-refractivity contribution in [2.24, 2.45) is 0 Å². The zero-order chi connectivity index (χ0) is 6.97. The van der Waals surface area contributed by atoms with Crippen molar-refractivity contribution < 1.29 is 0 Å². The second-order valence-electron chi connectivity index (χ2n) is 2.33. The van der Waals surface area contributed by atoms with Crippen LogP contribution in [0.2, 0.25) is 0 Å². The maximum Gasteiger partial charge on any atom is 0.0379 e. The third-order valence-electron chi connectivity index (χ3n) is 1.50. The van der Waals surface area contributed by atoms with Crippen LogP contribution in [0, 0.1) is 6.92 Å². The molecule has 1 nitrogen and oxygen atoms in total. The normalized spacial score (nSPS) is 10.5. The number of aryl methyl sites for hydroxylation is 1. The average Bonchev–Trinajstić information content (AvgIpc) is 2.33. The Bertz CT molecular complexity index is 351. The molecular formula is C8H7NS. The van der Waals surface area contributed by atoms with Gasteiger partial charge in [-0.1, -0.05) is 0 Å². The number of rotatable bonds is 0. The van der Waals surface area contributed by atoms with Gasteiger partial charge >= 0.3 is 0 Å². The van der Waals surface area contributed by atoms with Gasteiger partial charge in [-0.25, -0.2) is 0 Å². The molecule has 0 aliphatic rings. The van der Waals surface area contributed by atoms with Gasteiger partial charge in [-0.2, -0.15) is 11.3 Å².